The normalized spacial score (nSPS) is 10.5. The van der Waals surface area contributed by atoms with E-state index in [4.69, 9.17) is 11.6 Å². The summed E-state index contributed by atoms with van der Waals surface area (Å²) < 4.78 is 0. The summed E-state index contributed by atoms with van der Waals surface area (Å²) in [5.74, 6) is 0.0897. The minimum atomic E-state index is -0.241. The Bertz CT molecular complexity index is 635. The van der Waals surface area contributed by atoms with Gasteiger partial charge in [-0.25, -0.2) is 5.10 Å². The van der Waals surface area contributed by atoms with Crippen LogP contribution in [0.2, 0.25) is 5.02 Å². The highest BCUT2D eigenvalue weighted by atomic mass is 35.5. The number of aromatic amines is 1. The first-order valence-corrected chi connectivity index (χ1v) is 5.43. The molecule has 17 heavy (non-hydrogen) atoms. The third-order valence-electron chi connectivity index (χ3n) is 2.62. The minimum absolute atomic E-state index is 0.0897. The average molecular weight is 251 g/mol. The lowest BCUT2D eigenvalue weighted by atomic mass is 10.0. The molecule has 0 saturated heterocycles. The molecule has 0 aliphatic heterocycles. The van der Waals surface area contributed by atoms with Crippen molar-refractivity contribution in [3.05, 3.63) is 44.8 Å². The van der Waals surface area contributed by atoms with Gasteiger partial charge < -0.3 is 5.11 Å². The molecule has 0 radical (unpaired) electrons. The molecule has 1 aromatic carbocycles. The van der Waals surface area contributed by atoms with Crippen molar-refractivity contribution >= 4 is 11.6 Å². The Morgan fingerprint density at radius 2 is 2.06 bits per heavy atom. The predicted octanol–water partition coefficient (Wildman–Crippen LogP) is 2.41. The Balaban J connectivity index is 2.77. The van der Waals surface area contributed by atoms with Crippen LogP contribution in [-0.2, 0) is 0 Å². The van der Waals surface area contributed by atoms with Gasteiger partial charge in [0.1, 0.15) is 5.75 Å². The SMILES string of the molecule is Cc1n[nH]c(=O)c(C)c1-c1ccc(O)cc1Cl. The van der Waals surface area contributed by atoms with Crippen LogP contribution in [0.25, 0.3) is 11.1 Å². The molecule has 0 unspecified atom stereocenters. The zero-order valence-corrected chi connectivity index (χ0v) is 10.2. The smallest absolute Gasteiger partial charge is 0.267 e. The molecule has 1 aromatic heterocycles. The number of nitrogens with zero attached hydrogens (tertiary/aromatic N) is 1. The minimum Gasteiger partial charge on any atom is -0.508 e. The van der Waals surface area contributed by atoms with E-state index in [1.165, 1.54) is 12.1 Å². The largest absolute Gasteiger partial charge is 0.508 e. The van der Waals surface area contributed by atoms with Crippen LogP contribution in [0.4, 0.5) is 0 Å². The van der Waals surface area contributed by atoms with Crippen molar-refractivity contribution in [2.24, 2.45) is 0 Å². The summed E-state index contributed by atoms with van der Waals surface area (Å²) >= 11 is 6.06. The molecule has 0 atom stereocenters. The Hall–Kier alpha value is -1.81. The zero-order valence-electron chi connectivity index (χ0n) is 9.41. The highest BCUT2D eigenvalue weighted by Crippen LogP contribution is 2.32. The van der Waals surface area contributed by atoms with Crippen molar-refractivity contribution in [3.8, 4) is 16.9 Å². The van der Waals surface area contributed by atoms with Gasteiger partial charge in [0.15, 0.2) is 0 Å². The first-order chi connectivity index (χ1) is 8.00. The highest BCUT2D eigenvalue weighted by molar-refractivity contribution is 6.33. The van der Waals surface area contributed by atoms with Crippen LogP contribution < -0.4 is 5.56 Å². The lowest BCUT2D eigenvalue weighted by molar-refractivity contribution is 0.475. The molecule has 0 saturated carbocycles. The topological polar surface area (TPSA) is 66.0 Å². The van der Waals surface area contributed by atoms with E-state index in [1.807, 2.05) is 0 Å². The maximum atomic E-state index is 11.5. The fourth-order valence-corrected chi connectivity index (χ4v) is 2.03. The number of phenols is 1. The quantitative estimate of drug-likeness (QED) is 0.817. The molecule has 0 fully saturated rings. The molecule has 88 valence electrons. The number of nitrogens with one attached hydrogen (secondary N) is 1. The summed E-state index contributed by atoms with van der Waals surface area (Å²) in [5.41, 5.74) is 2.41. The Morgan fingerprint density at radius 3 is 2.71 bits per heavy atom. The molecular formula is C12H11ClN2O2. The first-order valence-electron chi connectivity index (χ1n) is 5.05. The Kier molecular flexibility index (Phi) is 2.90. The van der Waals surface area contributed by atoms with Gasteiger partial charge in [0.25, 0.3) is 5.56 Å². The van der Waals surface area contributed by atoms with Gasteiger partial charge in [-0.1, -0.05) is 11.6 Å². The van der Waals surface area contributed by atoms with E-state index in [1.54, 1.807) is 19.9 Å². The zero-order chi connectivity index (χ0) is 12.6. The molecule has 5 heteroatoms. The van der Waals surface area contributed by atoms with Crippen LogP contribution in [0.1, 0.15) is 11.3 Å². The van der Waals surface area contributed by atoms with E-state index in [0.29, 0.717) is 27.4 Å². The van der Waals surface area contributed by atoms with Gasteiger partial charge in [-0.15, -0.1) is 0 Å². The summed E-state index contributed by atoms with van der Waals surface area (Å²) in [4.78, 5) is 11.5. The van der Waals surface area contributed by atoms with Gasteiger partial charge in [0, 0.05) is 16.7 Å². The summed E-state index contributed by atoms with van der Waals surface area (Å²) in [5, 5.41) is 16.0. The van der Waals surface area contributed by atoms with Crippen LogP contribution >= 0.6 is 11.6 Å². The summed E-state index contributed by atoms with van der Waals surface area (Å²) in [7, 11) is 0. The van der Waals surface area contributed by atoms with Gasteiger partial charge >= 0.3 is 0 Å². The number of halogens is 1. The highest BCUT2D eigenvalue weighted by Gasteiger charge is 2.13. The second-order valence-corrected chi connectivity index (χ2v) is 4.21. The second kappa shape index (κ2) is 4.22. The molecule has 0 amide bonds. The fourth-order valence-electron chi connectivity index (χ4n) is 1.76. The molecule has 0 spiro atoms. The Labute approximate surface area is 103 Å². The third kappa shape index (κ3) is 2.03. The summed E-state index contributed by atoms with van der Waals surface area (Å²) in [6, 6.07) is 4.65. The fraction of sp³-hybridized carbons (Fsp3) is 0.167. The lowest BCUT2D eigenvalue weighted by Gasteiger charge is -2.09. The van der Waals surface area contributed by atoms with Crippen molar-refractivity contribution in [2.75, 3.05) is 0 Å². The van der Waals surface area contributed by atoms with Crippen LogP contribution in [0.15, 0.2) is 23.0 Å². The van der Waals surface area contributed by atoms with E-state index >= 15 is 0 Å². The van der Waals surface area contributed by atoms with E-state index in [-0.39, 0.29) is 11.3 Å². The van der Waals surface area contributed by atoms with Crippen molar-refractivity contribution < 1.29 is 5.11 Å². The van der Waals surface area contributed by atoms with Crippen LogP contribution in [-0.4, -0.2) is 15.3 Å². The molecule has 1 heterocycles. The van der Waals surface area contributed by atoms with E-state index < -0.39 is 0 Å². The molecular weight excluding hydrogens is 240 g/mol. The number of aromatic nitrogens is 2. The monoisotopic (exact) mass is 250 g/mol. The average Bonchev–Trinajstić information content (AvgIpc) is 2.27. The van der Waals surface area contributed by atoms with E-state index in [0.717, 1.165) is 0 Å². The number of hydrogen-bond acceptors (Lipinski definition) is 3. The van der Waals surface area contributed by atoms with Gasteiger partial charge in [-0.05, 0) is 32.0 Å². The standard InChI is InChI=1S/C12H11ClN2O2/c1-6-11(7(2)14-15-12(6)17)9-4-3-8(16)5-10(9)13/h3-5,16H,1-2H3,(H,15,17). The van der Waals surface area contributed by atoms with Crippen molar-refractivity contribution in [2.45, 2.75) is 13.8 Å². The molecule has 2 aromatic rings. The summed E-state index contributed by atoms with van der Waals surface area (Å²) in [6.07, 6.45) is 0. The van der Waals surface area contributed by atoms with Crippen molar-refractivity contribution in [1.82, 2.24) is 10.2 Å². The van der Waals surface area contributed by atoms with Gasteiger partial charge in [0.05, 0.1) is 10.7 Å². The van der Waals surface area contributed by atoms with E-state index in [9.17, 15) is 9.90 Å². The number of benzene rings is 1. The van der Waals surface area contributed by atoms with Crippen LogP contribution in [0.5, 0.6) is 5.75 Å². The maximum absolute atomic E-state index is 11.5. The molecule has 4 nitrogen and oxygen atoms in total. The van der Waals surface area contributed by atoms with Crippen LogP contribution in [0.3, 0.4) is 0 Å². The molecule has 0 aliphatic rings. The van der Waals surface area contributed by atoms with Crippen molar-refractivity contribution in [1.29, 1.82) is 0 Å². The number of rotatable bonds is 1. The third-order valence-corrected chi connectivity index (χ3v) is 2.94. The predicted molar refractivity (Wildman–Crippen MR) is 66.4 cm³/mol. The van der Waals surface area contributed by atoms with Gasteiger partial charge in [0.2, 0.25) is 0 Å². The van der Waals surface area contributed by atoms with Crippen molar-refractivity contribution in [3.63, 3.8) is 0 Å². The number of phenolic OH excluding ortho intramolecular Hbond substituents is 1. The van der Waals surface area contributed by atoms with Gasteiger partial charge in [-0.2, -0.15) is 5.10 Å². The molecule has 0 aliphatic carbocycles. The lowest BCUT2D eigenvalue weighted by Crippen LogP contribution is -2.14. The summed E-state index contributed by atoms with van der Waals surface area (Å²) in [6.45, 7) is 3.51. The molecule has 2 rings (SSSR count). The number of H-pyrrole nitrogens is 1. The van der Waals surface area contributed by atoms with E-state index in [2.05, 4.69) is 10.2 Å². The molecule has 2 N–H and O–H groups in total. The second-order valence-electron chi connectivity index (χ2n) is 3.80. The number of aryl methyl sites for hydroxylation is 1. The van der Waals surface area contributed by atoms with Gasteiger partial charge in [-0.3, -0.25) is 4.79 Å². The Morgan fingerprint density at radius 1 is 1.35 bits per heavy atom. The molecule has 0 bridgehead atoms. The first kappa shape index (κ1) is 11.7. The van der Waals surface area contributed by atoms with Crippen LogP contribution in [0, 0.1) is 13.8 Å². The maximum Gasteiger partial charge on any atom is 0.267 e. The number of aromatic hydroxyl groups is 1. The number of hydrogen-bond donors (Lipinski definition) is 2.